The molecule has 0 unspecified atom stereocenters. The van der Waals surface area contributed by atoms with Crippen LogP contribution in [0.3, 0.4) is 0 Å². The molecule has 13 rings (SSSR count). The second-order valence-electron chi connectivity index (χ2n) is 15.9. The smallest absolute Gasteiger partial charge is 0.145 e. The summed E-state index contributed by atoms with van der Waals surface area (Å²) in [5.74, 6) is 0. The molecule has 4 aromatic heterocycles. The molecule has 0 aliphatic heterocycles. The maximum absolute atomic E-state index is 10.6. The number of rotatable bonds is 4. The Bertz CT molecular complexity index is 4130. The number of hydrogen-bond acceptors (Lipinski definition) is 3. The van der Waals surface area contributed by atoms with Crippen LogP contribution in [-0.4, -0.2) is 13.7 Å². The van der Waals surface area contributed by atoms with E-state index in [0.29, 0.717) is 11.1 Å². The van der Waals surface area contributed by atoms with Gasteiger partial charge in [0, 0.05) is 54.8 Å². The van der Waals surface area contributed by atoms with Crippen LogP contribution in [0.15, 0.2) is 192 Å². The van der Waals surface area contributed by atoms with Crippen LogP contribution in [0.4, 0.5) is 0 Å². The summed E-state index contributed by atoms with van der Waals surface area (Å²) in [6.45, 7) is 0. The quantitative estimate of drug-likeness (QED) is 0.178. The Labute approximate surface area is 354 Å². The predicted octanol–water partition coefficient (Wildman–Crippen LogP) is 14.3. The summed E-state index contributed by atoms with van der Waals surface area (Å²) >= 11 is 0. The first-order chi connectivity index (χ1) is 30.7. The van der Waals surface area contributed by atoms with Gasteiger partial charge in [-0.2, -0.15) is 10.5 Å². The zero-order valence-electron chi connectivity index (χ0n) is 33.0. The number of para-hydroxylation sites is 4. The van der Waals surface area contributed by atoms with Gasteiger partial charge >= 0.3 is 0 Å². The first-order valence-corrected chi connectivity index (χ1v) is 20.6. The van der Waals surface area contributed by atoms with Crippen LogP contribution in [-0.2, 0) is 0 Å². The highest BCUT2D eigenvalue weighted by atomic mass is 16.3. The van der Waals surface area contributed by atoms with Gasteiger partial charge in [0.15, 0.2) is 0 Å². The third-order valence-corrected chi connectivity index (χ3v) is 12.6. The predicted molar refractivity (Wildman–Crippen MR) is 252 cm³/mol. The van der Waals surface area contributed by atoms with Crippen LogP contribution in [0.1, 0.15) is 11.1 Å². The number of nitriles is 2. The maximum atomic E-state index is 10.6. The van der Waals surface area contributed by atoms with Gasteiger partial charge in [0.2, 0.25) is 0 Å². The highest BCUT2D eigenvalue weighted by Gasteiger charge is 2.23. The zero-order valence-corrected chi connectivity index (χ0v) is 33.0. The van der Waals surface area contributed by atoms with Crippen LogP contribution in [0.5, 0.6) is 0 Å². The average Bonchev–Trinajstić information content (AvgIpc) is 4.07. The van der Waals surface area contributed by atoms with E-state index in [9.17, 15) is 10.5 Å². The molecule has 0 fully saturated rings. The van der Waals surface area contributed by atoms with Gasteiger partial charge in [-0.05, 0) is 108 Å². The molecule has 0 bridgehead atoms. The van der Waals surface area contributed by atoms with Gasteiger partial charge < -0.3 is 18.1 Å². The molecule has 0 spiro atoms. The number of aromatic nitrogens is 3. The molecule has 62 heavy (non-hydrogen) atoms. The first kappa shape index (κ1) is 34.1. The molecule has 4 heterocycles. The molecule has 0 aliphatic rings. The van der Waals surface area contributed by atoms with Crippen LogP contribution >= 0.6 is 0 Å². The van der Waals surface area contributed by atoms with E-state index >= 15 is 0 Å². The lowest BCUT2D eigenvalue weighted by Gasteiger charge is -2.14. The monoisotopic (exact) mass is 789 g/mol. The van der Waals surface area contributed by atoms with E-state index in [-0.39, 0.29) is 0 Å². The van der Waals surface area contributed by atoms with Crippen molar-refractivity contribution < 1.29 is 4.42 Å². The molecule has 0 saturated carbocycles. The Kier molecular flexibility index (Phi) is 7.05. The molecule has 13 aromatic rings. The molecule has 0 saturated heterocycles. The third kappa shape index (κ3) is 4.72. The zero-order chi connectivity index (χ0) is 41.1. The molecule has 0 amide bonds. The van der Waals surface area contributed by atoms with Gasteiger partial charge in [0.25, 0.3) is 0 Å². The highest BCUT2D eigenvalue weighted by molar-refractivity contribution is 6.27. The second kappa shape index (κ2) is 12.8. The van der Waals surface area contributed by atoms with Gasteiger partial charge in [0.05, 0.1) is 61.8 Å². The van der Waals surface area contributed by atoms with Gasteiger partial charge in [-0.25, -0.2) is 0 Å². The Morgan fingerprint density at radius 1 is 0.355 bits per heavy atom. The largest absolute Gasteiger partial charge is 0.455 e. The lowest BCUT2D eigenvalue weighted by atomic mass is 10.0. The normalized spacial score (nSPS) is 11.8. The summed E-state index contributed by atoms with van der Waals surface area (Å²) in [6, 6.07) is 70.0. The summed E-state index contributed by atoms with van der Waals surface area (Å²) in [7, 11) is 0. The van der Waals surface area contributed by atoms with E-state index < -0.39 is 0 Å². The van der Waals surface area contributed by atoms with Crippen molar-refractivity contribution >= 4 is 87.4 Å². The van der Waals surface area contributed by atoms with Gasteiger partial charge in [-0.1, -0.05) is 91.0 Å². The maximum Gasteiger partial charge on any atom is 0.145 e. The van der Waals surface area contributed by atoms with E-state index in [1.807, 2.05) is 48.5 Å². The number of fused-ring (bicyclic) bond motifs is 14. The third-order valence-electron chi connectivity index (χ3n) is 12.6. The van der Waals surface area contributed by atoms with Crippen molar-refractivity contribution in [3.8, 4) is 40.3 Å². The first-order valence-electron chi connectivity index (χ1n) is 20.6. The Morgan fingerprint density at radius 3 is 1.81 bits per heavy atom. The lowest BCUT2D eigenvalue weighted by Crippen LogP contribution is -1.97. The van der Waals surface area contributed by atoms with Gasteiger partial charge in [-0.15, -0.1) is 0 Å². The fraction of sp³-hybridized carbons (Fsp3) is 0. The summed E-state index contributed by atoms with van der Waals surface area (Å²) in [5.41, 5.74) is 14.1. The fourth-order valence-corrected chi connectivity index (χ4v) is 10.1. The van der Waals surface area contributed by atoms with Crippen molar-refractivity contribution in [1.29, 1.82) is 10.5 Å². The van der Waals surface area contributed by atoms with Gasteiger partial charge in [-0.3, -0.25) is 0 Å². The van der Waals surface area contributed by atoms with Crippen molar-refractivity contribution in [3.63, 3.8) is 0 Å². The number of nitrogens with zero attached hydrogens (tertiary/aromatic N) is 5. The molecule has 6 nitrogen and oxygen atoms in total. The minimum Gasteiger partial charge on any atom is -0.455 e. The van der Waals surface area contributed by atoms with Crippen molar-refractivity contribution in [3.05, 3.63) is 199 Å². The van der Waals surface area contributed by atoms with Gasteiger partial charge in [0.1, 0.15) is 11.2 Å². The summed E-state index contributed by atoms with van der Waals surface area (Å²) in [6.07, 6.45) is 0. The van der Waals surface area contributed by atoms with Crippen molar-refractivity contribution in [1.82, 2.24) is 13.7 Å². The summed E-state index contributed by atoms with van der Waals surface area (Å²) in [5, 5.41) is 29.2. The minimum atomic E-state index is 0.571. The summed E-state index contributed by atoms with van der Waals surface area (Å²) in [4.78, 5) is 0. The Morgan fingerprint density at radius 2 is 0.984 bits per heavy atom. The van der Waals surface area contributed by atoms with E-state index in [1.165, 1.54) is 10.8 Å². The van der Waals surface area contributed by atoms with Crippen LogP contribution in [0.25, 0.3) is 116 Å². The lowest BCUT2D eigenvalue weighted by molar-refractivity contribution is 0.673. The minimum absolute atomic E-state index is 0.571. The topological polar surface area (TPSA) is 75.5 Å². The van der Waals surface area contributed by atoms with E-state index in [4.69, 9.17) is 4.42 Å². The molecule has 6 heteroatoms. The molecule has 0 N–H and O–H groups in total. The SMILES string of the molecule is N#Cc1cc(-c2cccc(-n3c4ccc(C#N)cc4c4c5oc6ccccc6c5ccc43)c2)cc(-n2c3ccccc3c3c2ccc2c4ccccc4n(-c4ccccc4)c23)c1. The molecular weight excluding hydrogens is 759 g/mol. The average molecular weight is 790 g/mol. The summed E-state index contributed by atoms with van der Waals surface area (Å²) < 4.78 is 13.5. The number of furan rings is 1. The van der Waals surface area contributed by atoms with E-state index in [0.717, 1.165) is 105 Å². The second-order valence-corrected chi connectivity index (χ2v) is 15.9. The molecule has 0 aliphatic carbocycles. The molecule has 0 atom stereocenters. The number of hydrogen-bond donors (Lipinski definition) is 0. The molecule has 286 valence electrons. The highest BCUT2D eigenvalue weighted by Crippen LogP contribution is 2.44. The van der Waals surface area contributed by atoms with Crippen molar-refractivity contribution in [2.75, 3.05) is 0 Å². The van der Waals surface area contributed by atoms with Crippen LogP contribution < -0.4 is 0 Å². The fourth-order valence-electron chi connectivity index (χ4n) is 10.1. The van der Waals surface area contributed by atoms with Crippen LogP contribution in [0, 0.1) is 22.7 Å². The van der Waals surface area contributed by atoms with Crippen molar-refractivity contribution in [2.24, 2.45) is 0 Å². The van der Waals surface area contributed by atoms with E-state index in [1.54, 1.807) is 0 Å². The van der Waals surface area contributed by atoms with E-state index in [2.05, 4.69) is 165 Å². The Balaban J connectivity index is 1.04. The molecular formula is C56H31N5O. The Hall–Kier alpha value is -8.84. The molecule has 9 aromatic carbocycles. The number of benzene rings is 9. The van der Waals surface area contributed by atoms with Crippen molar-refractivity contribution in [2.45, 2.75) is 0 Å². The molecule has 0 radical (unpaired) electrons. The standard InChI is InChI=1S/C56H31N5O/c57-32-34-21-24-49-46(29-34)54-51(26-23-44-42-16-6-9-20-52(42)62-56(44)54)59(49)39-14-10-11-36(30-39)37-27-35(33-58)28-40(31-37)60-48-19-8-5-17-45(48)53-50(60)25-22-43-41-15-4-7-18-47(41)61(55(43)53)38-12-2-1-3-13-38/h1-31H. The van der Waals surface area contributed by atoms with Crippen LogP contribution in [0.2, 0.25) is 0 Å².